The lowest BCUT2D eigenvalue weighted by atomic mass is 10.1. The maximum atomic E-state index is 12.4. The number of thioether (sulfide) groups is 1. The zero-order valence-corrected chi connectivity index (χ0v) is 16.5. The molecule has 2 heterocycles. The van der Waals surface area contributed by atoms with Crippen LogP contribution in [-0.2, 0) is 17.6 Å². The summed E-state index contributed by atoms with van der Waals surface area (Å²) in [5.41, 5.74) is 5.01. The summed E-state index contributed by atoms with van der Waals surface area (Å²) in [5.74, 6) is -0.0372. The van der Waals surface area contributed by atoms with Gasteiger partial charge >= 0.3 is 0 Å². The predicted molar refractivity (Wildman–Crippen MR) is 104 cm³/mol. The number of nitrogens with zero attached hydrogens (tertiary/aromatic N) is 3. The number of anilines is 1. The third kappa shape index (κ3) is 3.33. The van der Waals surface area contributed by atoms with Gasteiger partial charge in [0.15, 0.2) is 0 Å². The Hall–Kier alpha value is -2.35. The molecule has 0 unspecified atom stereocenters. The third-order valence-electron chi connectivity index (χ3n) is 4.70. The number of amides is 1. The fourth-order valence-electron chi connectivity index (χ4n) is 3.05. The van der Waals surface area contributed by atoms with Crippen LogP contribution in [0.5, 0.6) is 0 Å². The molecule has 3 rings (SSSR count). The van der Waals surface area contributed by atoms with Crippen LogP contribution < -0.4 is 5.32 Å². The number of nitrogens with one attached hydrogen (secondary N) is 1. The van der Waals surface area contributed by atoms with Gasteiger partial charge < -0.3 is 5.32 Å². The van der Waals surface area contributed by atoms with E-state index in [1.165, 1.54) is 28.0 Å². The van der Waals surface area contributed by atoms with Crippen LogP contribution in [0.2, 0.25) is 0 Å². The van der Waals surface area contributed by atoms with E-state index < -0.39 is 0 Å². The average molecular weight is 383 g/mol. The summed E-state index contributed by atoms with van der Waals surface area (Å²) in [6.45, 7) is 5.75. The molecule has 1 amide bonds. The Labute approximate surface area is 161 Å². The molecule has 7 heteroatoms. The number of carbonyl (C=O) groups excluding carboxylic acids is 1. The number of fused-ring (bicyclic) bond motifs is 1. The van der Waals surface area contributed by atoms with Gasteiger partial charge in [-0.2, -0.15) is 10.5 Å². The van der Waals surface area contributed by atoms with Crippen molar-refractivity contribution in [2.24, 2.45) is 0 Å². The number of thiophene rings is 1. The molecule has 2 aromatic rings. The highest BCUT2D eigenvalue weighted by Gasteiger charge is 2.23. The first-order valence-corrected chi connectivity index (χ1v) is 10.1. The van der Waals surface area contributed by atoms with Gasteiger partial charge in [0, 0.05) is 10.6 Å². The summed E-state index contributed by atoms with van der Waals surface area (Å²) in [4.78, 5) is 18.1. The smallest absolute Gasteiger partial charge is 0.235 e. The highest BCUT2D eigenvalue weighted by atomic mass is 32.2. The molecule has 0 saturated carbocycles. The maximum absolute atomic E-state index is 12.4. The molecule has 0 aromatic carbocycles. The molecule has 2 aromatic heterocycles. The Morgan fingerprint density at radius 1 is 1.19 bits per heavy atom. The molecule has 5 nitrogen and oxygen atoms in total. The standard InChI is InChI=1S/C19H18N4OS2/c1-10-11(2)14(7-20)18(22-12(10)3)25-9-17(24)23-19-15(8-21)13-5-4-6-16(13)26-19/h4-6,9H2,1-3H3,(H,23,24). The second-order valence-electron chi connectivity index (χ2n) is 6.25. The second-order valence-corrected chi connectivity index (χ2v) is 8.32. The quantitative estimate of drug-likeness (QED) is 0.806. The van der Waals surface area contributed by atoms with Gasteiger partial charge in [0.1, 0.15) is 22.2 Å². The van der Waals surface area contributed by atoms with Crippen LogP contribution in [-0.4, -0.2) is 16.6 Å². The van der Waals surface area contributed by atoms with Gasteiger partial charge in [-0.15, -0.1) is 11.3 Å². The molecule has 0 fully saturated rings. The normalized spacial score (nSPS) is 12.3. The summed E-state index contributed by atoms with van der Waals surface area (Å²) >= 11 is 2.76. The molecule has 26 heavy (non-hydrogen) atoms. The van der Waals surface area contributed by atoms with E-state index >= 15 is 0 Å². The Balaban J connectivity index is 1.73. The van der Waals surface area contributed by atoms with Gasteiger partial charge in [0.25, 0.3) is 0 Å². The first-order chi connectivity index (χ1) is 12.5. The van der Waals surface area contributed by atoms with Crippen LogP contribution in [0.3, 0.4) is 0 Å². The van der Waals surface area contributed by atoms with E-state index in [9.17, 15) is 15.3 Å². The molecular formula is C19H18N4OS2. The Bertz CT molecular complexity index is 979. The summed E-state index contributed by atoms with van der Waals surface area (Å²) < 4.78 is 0. The number of nitriles is 2. The highest BCUT2D eigenvalue weighted by Crippen LogP contribution is 2.38. The molecule has 1 aliphatic rings. The fraction of sp³-hybridized carbons (Fsp3) is 0.368. The van der Waals surface area contributed by atoms with Crippen molar-refractivity contribution >= 4 is 34.0 Å². The van der Waals surface area contributed by atoms with Crippen molar-refractivity contribution < 1.29 is 4.79 Å². The van der Waals surface area contributed by atoms with Gasteiger partial charge in [-0.1, -0.05) is 11.8 Å². The zero-order chi connectivity index (χ0) is 18.8. The first-order valence-electron chi connectivity index (χ1n) is 8.31. The lowest BCUT2D eigenvalue weighted by molar-refractivity contribution is -0.113. The van der Waals surface area contributed by atoms with Gasteiger partial charge in [0.05, 0.1) is 16.9 Å². The largest absolute Gasteiger partial charge is 0.316 e. The van der Waals surface area contributed by atoms with E-state index in [1.807, 2.05) is 20.8 Å². The molecule has 132 valence electrons. The first kappa shape index (κ1) is 18.4. The molecule has 0 aliphatic heterocycles. The molecule has 1 N–H and O–H groups in total. The van der Waals surface area contributed by atoms with Crippen molar-refractivity contribution in [1.82, 2.24) is 4.98 Å². The van der Waals surface area contributed by atoms with Crippen molar-refractivity contribution in [2.45, 2.75) is 45.1 Å². The number of hydrogen-bond donors (Lipinski definition) is 1. The predicted octanol–water partition coefficient (Wildman–Crippen LogP) is 4.03. The molecule has 0 saturated heterocycles. The summed E-state index contributed by atoms with van der Waals surface area (Å²) in [7, 11) is 0. The van der Waals surface area contributed by atoms with Crippen molar-refractivity contribution in [1.29, 1.82) is 10.5 Å². The zero-order valence-electron chi connectivity index (χ0n) is 14.9. The van der Waals surface area contributed by atoms with E-state index in [1.54, 1.807) is 0 Å². The fourth-order valence-corrected chi connectivity index (χ4v) is 5.20. The second kappa shape index (κ2) is 7.49. The van der Waals surface area contributed by atoms with Crippen LogP contribution >= 0.6 is 23.1 Å². The van der Waals surface area contributed by atoms with Crippen LogP contribution in [0.1, 0.15) is 44.8 Å². The summed E-state index contributed by atoms with van der Waals surface area (Å²) in [5, 5.41) is 22.9. The number of hydrogen-bond acceptors (Lipinski definition) is 6. The number of rotatable bonds is 4. The van der Waals surface area contributed by atoms with Crippen LogP contribution in [0.25, 0.3) is 0 Å². The van der Waals surface area contributed by atoms with Crippen LogP contribution in [0, 0.1) is 43.4 Å². The number of aromatic nitrogens is 1. The monoisotopic (exact) mass is 382 g/mol. The van der Waals surface area contributed by atoms with Crippen molar-refractivity contribution in [3.05, 3.63) is 38.4 Å². The molecule has 0 radical (unpaired) electrons. The average Bonchev–Trinajstić information content (AvgIpc) is 3.18. The molecule has 0 spiro atoms. The third-order valence-corrected chi connectivity index (χ3v) is 6.88. The minimum atomic E-state index is -0.187. The maximum Gasteiger partial charge on any atom is 0.235 e. The summed E-state index contributed by atoms with van der Waals surface area (Å²) in [6.07, 6.45) is 2.97. The van der Waals surface area contributed by atoms with E-state index in [-0.39, 0.29) is 11.7 Å². The SMILES string of the molecule is Cc1nc(SCC(=O)Nc2sc3c(c2C#N)CCC3)c(C#N)c(C)c1C. The van der Waals surface area contributed by atoms with Crippen molar-refractivity contribution in [3.63, 3.8) is 0 Å². The molecule has 0 bridgehead atoms. The van der Waals surface area contributed by atoms with Gasteiger partial charge in [-0.3, -0.25) is 4.79 Å². The highest BCUT2D eigenvalue weighted by molar-refractivity contribution is 8.00. The van der Waals surface area contributed by atoms with Crippen LogP contribution in [0.15, 0.2) is 5.03 Å². The van der Waals surface area contributed by atoms with E-state index in [0.717, 1.165) is 41.6 Å². The van der Waals surface area contributed by atoms with Gasteiger partial charge in [-0.05, 0) is 56.7 Å². The Morgan fingerprint density at radius 2 is 1.92 bits per heavy atom. The molecule has 0 atom stereocenters. The van der Waals surface area contributed by atoms with Gasteiger partial charge in [0.2, 0.25) is 5.91 Å². The lowest BCUT2D eigenvalue weighted by Gasteiger charge is -2.11. The summed E-state index contributed by atoms with van der Waals surface area (Å²) in [6, 6.07) is 4.42. The van der Waals surface area contributed by atoms with E-state index in [4.69, 9.17) is 0 Å². The number of carbonyl (C=O) groups is 1. The minimum Gasteiger partial charge on any atom is -0.316 e. The topological polar surface area (TPSA) is 89.6 Å². The molecular weight excluding hydrogens is 364 g/mol. The number of aryl methyl sites for hydroxylation is 2. The van der Waals surface area contributed by atoms with Crippen molar-refractivity contribution in [2.75, 3.05) is 11.1 Å². The van der Waals surface area contributed by atoms with E-state index in [2.05, 4.69) is 22.4 Å². The van der Waals surface area contributed by atoms with Gasteiger partial charge in [-0.25, -0.2) is 4.98 Å². The minimum absolute atomic E-state index is 0.150. The van der Waals surface area contributed by atoms with Crippen molar-refractivity contribution in [3.8, 4) is 12.1 Å². The number of pyridine rings is 1. The lowest BCUT2D eigenvalue weighted by Crippen LogP contribution is -2.14. The Morgan fingerprint density at radius 3 is 2.62 bits per heavy atom. The van der Waals surface area contributed by atoms with Crippen LogP contribution in [0.4, 0.5) is 5.00 Å². The van der Waals surface area contributed by atoms with E-state index in [0.29, 0.717) is 21.2 Å². The molecule has 1 aliphatic carbocycles. The Kier molecular flexibility index (Phi) is 5.31.